The number of alkyl halides is 5. The van der Waals surface area contributed by atoms with Crippen molar-refractivity contribution < 1.29 is 65.8 Å². The van der Waals surface area contributed by atoms with Crippen molar-refractivity contribution in [2.24, 2.45) is 23.7 Å². The summed E-state index contributed by atoms with van der Waals surface area (Å²) in [7, 11) is 0. The molecule has 0 spiro atoms. The Morgan fingerprint density at radius 3 is 1.25 bits per heavy atom. The Kier molecular flexibility index (Phi) is 24.4. The van der Waals surface area contributed by atoms with Gasteiger partial charge < -0.3 is 79.0 Å². The van der Waals surface area contributed by atoms with E-state index in [2.05, 4.69) is 60.1 Å². The Morgan fingerprint density at radius 1 is 0.477 bits per heavy atom. The highest BCUT2D eigenvalue weighted by Crippen LogP contribution is 2.51. The van der Waals surface area contributed by atoms with Crippen molar-refractivity contribution in [1.29, 1.82) is 0 Å². The third-order valence-corrected chi connectivity index (χ3v) is 22.7. The number of nitrogens with zero attached hydrogens (tertiary/aromatic N) is 14. The summed E-state index contributed by atoms with van der Waals surface area (Å²) in [4.78, 5) is 55.9. The van der Waals surface area contributed by atoms with E-state index in [4.69, 9.17) is 68.6 Å². The highest BCUT2D eigenvalue weighted by molar-refractivity contribution is 6.34. The number of amides is 1. The van der Waals surface area contributed by atoms with Crippen LogP contribution in [-0.4, -0.2) is 172 Å². The number of carbonyl (C=O) groups excluding carboxylic acids is 1. The number of carbonyl (C=O) groups is 1. The van der Waals surface area contributed by atoms with Crippen molar-refractivity contribution in [2.45, 2.75) is 212 Å². The molecule has 27 nitrogen and oxygen atoms in total. The number of nitrogens with two attached hydrogens (primary N) is 2. The molecule has 10 aromatic heterocycles. The maximum absolute atomic E-state index is 15.5. The van der Waals surface area contributed by atoms with Gasteiger partial charge in [-0.25, -0.2) is 71.8 Å². The molecule has 0 bridgehead atoms. The van der Waals surface area contributed by atoms with E-state index >= 15 is 13.2 Å². The van der Waals surface area contributed by atoms with Gasteiger partial charge >= 0.3 is 0 Å². The van der Waals surface area contributed by atoms with Gasteiger partial charge in [0.2, 0.25) is 0 Å². The molecule has 16 rings (SSSR count). The molecule has 20 atom stereocenters. The summed E-state index contributed by atoms with van der Waals surface area (Å²) in [6.07, 6.45) is 11.1. The summed E-state index contributed by atoms with van der Waals surface area (Å²) in [5, 5.41) is 35.3. The molecule has 0 radical (unpaired) electrons. The van der Waals surface area contributed by atoms with E-state index in [9.17, 15) is 18.7 Å². The second-order valence-corrected chi connectivity index (χ2v) is 29.5. The van der Waals surface area contributed by atoms with Crippen LogP contribution in [0.4, 0.5) is 39.4 Å². The minimum Gasteiger partial charge on any atom is -0.394 e. The van der Waals surface area contributed by atoms with Crippen molar-refractivity contribution in [3.05, 3.63) is 139 Å². The van der Waals surface area contributed by atoms with E-state index in [1.54, 1.807) is 121 Å². The van der Waals surface area contributed by atoms with Crippen LogP contribution in [0.25, 0.3) is 55.2 Å². The Labute approximate surface area is 635 Å². The number of hydrogen-bond donors (Lipinski definition) is 7. The van der Waals surface area contributed by atoms with Crippen molar-refractivity contribution in [1.82, 2.24) is 73.1 Å². The second-order valence-electron chi connectivity index (χ2n) is 28.8. The molecule has 1 aromatic carbocycles. The summed E-state index contributed by atoms with van der Waals surface area (Å²) in [5.41, 5.74) is 6.92. The van der Waals surface area contributed by atoms with Gasteiger partial charge in [-0.15, -0.1) is 0 Å². The molecule has 5 aliphatic heterocycles. The fourth-order valence-corrected chi connectivity index (χ4v) is 14.9. The zero-order valence-electron chi connectivity index (χ0n) is 62.6. The van der Waals surface area contributed by atoms with E-state index in [0.29, 0.717) is 66.3 Å². The number of fused-ring (bicyclic) bond motifs is 5. The van der Waals surface area contributed by atoms with Crippen LogP contribution in [0.15, 0.2) is 123 Å². The van der Waals surface area contributed by atoms with Gasteiger partial charge in [-0.05, 0) is 103 Å². The van der Waals surface area contributed by atoms with Crippen LogP contribution in [0, 0.1) is 23.7 Å². The van der Waals surface area contributed by atoms with E-state index in [1.807, 2.05) is 60.6 Å². The van der Waals surface area contributed by atoms with Crippen LogP contribution in [0.2, 0.25) is 10.3 Å². The maximum atomic E-state index is 15.5. The zero-order chi connectivity index (χ0) is 79.0. The van der Waals surface area contributed by atoms with E-state index < -0.39 is 78.4 Å². The third kappa shape index (κ3) is 15.6. The van der Waals surface area contributed by atoms with Crippen LogP contribution >= 0.6 is 23.2 Å². The van der Waals surface area contributed by atoms with Gasteiger partial charge in [-0.1, -0.05) is 96.8 Å². The molecule has 9 N–H and O–H groups in total. The Hall–Kier alpha value is -8.70. The van der Waals surface area contributed by atoms with Crippen LogP contribution < -0.4 is 16.8 Å². The number of aromatic nitrogens is 15. The van der Waals surface area contributed by atoms with Crippen molar-refractivity contribution in [2.75, 3.05) is 23.4 Å². The van der Waals surface area contributed by atoms with Gasteiger partial charge in [0.15, 0.2) is 59.5 Å². The summed E-state index contributed by atoms with van der Waals surface area (Å²) in [5.74, 6) is -0.00128. The van der Waals surface area contributed by atoms with Crippen LogP contribution in [-0.2, 0) is 23.7 Å². The number of benzene rings is 1. The molecule has 11 aromatic rings. The van der Waals surface area contributed by atoms with Crippen molar-refractivity contribution in [3.63, 3.8) is 0 Å². The summed E-state index contributed by atoms with van der Waals surface area (Å²) < 4.78 is 109. The summed E-state index contributed by atoms with van der Waals surface area (Å²) >= 11 is 11.8. The maximum Gasteiger partial charge on any atom is 0.256 e. The number of hydrogen-bond acceptors (Lipinski definition) is 21. The van der Waals surface area contributed by atoms with E-state index in [-0.39, 0.29) is 59.8 Å². The molecule has 5 aliphatic rings. The van der Waals surface area contributed by atoms with Gasteiger partial charge in [-0.3, -0.25) is 4.79 Å². The number of nitrogens with one attached hydrogen (secondary N) is 2. The summed E-state index contributed by atoms with van der Waals surface area (Å²) in [6, 6.07) is 17.8. The molecule has 15 heterocycles. The molecule has 0 aliphatic carbocycles. The lowest BCUT2D eigenvalue weighted by Gasteiger charge is -2.26. The number of aliphatic hydroxyl groups excluding tert-OH is 3. The average molecular weight is 1560 g/mol. The first-order valence-electron chi connectivity index (χ1n) is 36.1. The fourth-order valence-electron chi connectivity index (χ4n) is 14.6. The number of rotatable bonds is 11. The molecule has 1 amide bonds. The number of ether oxygens (including phenoxy) is 5. The second kappa shape index (κ2) is 32.7. The summed E-state index contributed by atoms with van der Waals surface area (Å²) in [6.45, 7) is 22.3. The third-order valence-electron chi connectivity index (χ3n) is 22.1. The van der Waals surface area contributed by atoms with Gasteiger partial charge in [0, 0.05) is 60.2 Å². The Balaban J connectivity index is 0.000000134. The van der Waals surface area contributed by atoms with E-state index in [1.165, 1.54) is 50.1 Å². The zero-order valence-corrected chi connectivity index (χ0v) is 64.1. The monoisotopic (exact) mass is 1550 g/mol. The molecule has 34 heteroatoms. The van der Waals surface area contributed by atoms with Gasteiger partial charge in [0.1, 0.15) is 99.8 Å². The van der Waals surface area contributed by atoms with Gasteiger partial charge in [-0.2, -0.15) is 0 Å². The lowest BCUT2D eigenvalue weighted by molar-refractivity contribution is -0.138. The first-order chi connectivity index (χ1) is 51.7. The van der Waals surface area contributed by atoms with Crippen molar-refractivity contribution in [3.8, 4) is 0 Å². The molecular formula is C75H93Cl2F5N18O9. The lowest BCUT2D eigenvalue weighted by Crippen LogP contribution is -2.40. The number of anilines is 3. The predicted octanol–water partition coefficient (Wildman–Crippen LogP) is 13.9. The minimum atomic E-state index is -2.06. The van der Waals surface area contributed by atoms with Gasteiger partial charge in [0.25, 0.3) is 5.91 Å². The molecule has 1 unspecified atom stereocenters. The topological polar surface area (TPSA) is 352 Å². The van der Waals surface area contributed by atoms with Crippen molar-refractivity contribution >= 4 is 102 Å². The molecule has 5 saturated heterocycles. The first-order valence-corrected chi connectivity index (χ1v) is 36.9. The minimum absolute atomic E-state index is 0.0911. The molecular weight excluding hydrogens is 1460 g/mol. The number of aromatic amines is 1. The van der Waals surface area contributed by atoms with Crippen LogP contribution in [0.1, 0.15) is 151 Å². The predicted molar refractivity (Wildman–Crippen MR) is 402 cm³/mol. The molecule has 5 fully saturated rings. The smallest absolute Gasteiger partial charge is 0.256 e. The normalized spacial score (nSPS) is 31.8. The highest BCUT2D eigenvalue weighted by Gasteiger charge is 2.57. The largest absolute Gasteiger partial charge is 0.394 e. The Bertz CT molecular complexity index is 4660. The Morgan fingerprint density at radius 2 is 0.844 bits per heavy atom. The highest BCUT2D eigenvalue weighted by atomic mass is 35.5. The van der Waals surface area contributed by atoms with Crippen LogP contribution in [0.5, 0.6) is 0 Å². The molecule has 0 saturated carbocycles. The average Bonchev–Trinajstić information content (AvgIpc) is 1.62. The number of H-pyrrole nitrogens is 1. The SMILES string of the molecule is CC[C@H]1OC(O)[C@](C)(F)[C@@H]1C.CC[C@H]1O[C@@H](n2ccc3c(Cl)ncnc32)[C@](C)(F)[C@@H]1C.CC[C@H]1O[C@@H](n2ccc3c(N)ncnc32)[C@](C)(F)[C@@H]1C.CC[C@H]1O[C@@H](n2ccc3c(NC(=O)c4ccccc4)ncnc32)[C@](C)(F)[C@@H]1C.C[C@@]1(F)[C@H](O)[C@@H](CO)O[C@H]1n1ccc2c(N)ncnc21.Clc1ncnc2[nH]ccc12. The molecule has 109 heavy (non-hydrogen) atoms. The van der Waals surface area contributed by atoms with Gasteiger partial charge in [0.05, 0.1) is 58.0 Å². The molecule has 586 valence electrons. The van der Waals surface area contributed by atoms with E-state index in [0.717, 1.165) is 42.1 Å². The number of nitrogen functional groups attached to an aromatic ring is 2. The number of aliphatic hydroxyl groups is 3. The first kappa shape index (κ1) is 81.3. The van der Waals surface area contributed by atoms with Crippen LogP contribution in [0.3, 0.4) is 0 Å². The number of halogens is 7. The quantitative estimate of drug-likeness (QED) is 0.0467. The fraction of sp³-hybridized carbons (Fsp3) is 0.507. The lowest BCUT2D eigenvalue weighted by atomic mass is 9.88. The standard InChI is InChI=1S/C21H23FN4O2.C14H17ClFN3O.C14H19FN4O.C12H15FN4O3.C8H15FO2.C6H4ClN3/c1-4-16-13(2)21(3,22)20(28-16)26-11-10-15-17(23-12-24-18(15)26)25-19(27)14-8-6-5-7-9-14;1-4-10-8(2)14(3,16)13(20-10)19-6-5-9-11(15)17-7-18-12(9)19;1-4-10-8(2)14(3,15)13(20-10)19-6-5-9-11(16)17-7-18-12(9)19;1-12(13)8(19)7(4-18)20-11(12)17-3-2-6-9(14)15-5-16-10(6)17;1-4-6-5(2)8(3,9)7(10)11-6;7-5-4-1-2-8-6(4)10-3-9-5/h5-13,16,20H,4H2,1-3H3,(H,23,24,25,27);5-8,10,13H,4H2,1-3H3;5-8,10,13H,4H2,1-3H3,(H2,16,17,18);2-3,5,7-8,11,18-19H,4H2,1H3,(H2,14,15,16);5-7,10H,4H2,1-3H3;1-3H,(H,8,9,10)/t13-,16-,20-,21-;2*8-,10-,13-,14-;7-,8-,11-,12-;5-,6-,7?,8-;/m11111./s1.